The smallest absolute Gasteiger partial charge is 0.146 e. The van der Waals surface area contributed by atoms with Crippen LogP contribution in [0, 0.1) is 11.6 Å². The van der Waals surface area contributed by atoms with E-state index in [0.29, 0.717) is 18.8 Å². The van der Waals surface area contributed by atoms with E-state index in [0.717, 1.165) is 5.69 Å². The SMILES string of the molecule is CN(CCNc1ccc(F)cc1)c1ccccc1F. The molecule has 0 saturated carbocycles. The van der Waals surface area contributed by atoms with E-state index in [1.165, 1.54) is 18.2 Å². The van der Waals surface area contributed by atoms with Crippen molar-refractivity contribution in [3.05, 3.63) is 60.2 Å². The van der Waals surface area contributed by atoms with Crippen molar-refractivity contribution in [1.29, 1.82) is 0 Å². The highest BCUT2D eigenvalue weighted by Gasteiger charge is 2.05. The lowest BCUT2D eigenvalue weighted by molar-refractivity contribution is 0.623. The molecule has 100 valence electrons. The van der Waals surface area contributed by atoms with Crippen molar-refractivity contribution >= 4 is 11.4 Å². The van der Waals surface area contributed by atoms with Crippen LogP contribution in [-0.4, -0.2) is 20.1 Å². The van der Waals surface area contributed by atoms with E-state index < -0.39 is 0 Å². The quantitative estimate of drug-likeness (QED) is 0.887. The number of benzene rings is 2. The van der Waals surface area contributed by atoms with Gasteiger partial charge in [-0.2, -0.15) is 0 Å². The monoisotopic (exact) mass is 262 g/mol. The zero-order chi connectivity index (χ0) is 13.7. The number of para-hydroxylation sites is 1. The number of hydrogen-bond donors (Lipinski definition) is 1. The molecule has 0 amide bonds. The second-order valence-electron chi connectivity index (χ2n) is 4.31. The van der Waals surface area contributed by atoms with Gasteiger partial charge < -0.3 is 10.2 Å². The molecule has 1 N–H and O–H groups in total. The van der Waals surface area contributed by atoms with E-state index >= 15 is 0 Å². The summed E-state index contributed by atoms with van der Waals surface area (Å²) in [6, 6.07) is 12.8. The van der Waals surface area contributed by atoms with E-state index in [4.69, 9.17) is 0 Å². The van der Waals surface area contributed by atoms with E-state index in [2.05, 4.69) is 5.32 Å². The van der Waals surface area contributed by atoms with Gasteiger partial charge in [0, 0.05) is 25.8 Å². The normalized spacial score (nSPS) is 10.3. The van der Waals surface area contributed by atoms with Gasteiger partial charge in [-0.25, -0.2) is 8.78 Å². The summed E-state index contributed by atoms with van der Waals surface area (Å²) in [5.74, 6) is -0.485. The molecular weight excluding hydrogens is 246 g/mol. The molecule has 0 radical (unpaired) electrons. The minimum Gasteiger partial charge on any atom is -0.383 e. The maximum atomic E-state index is 13.5. The van der Waals surface area contributed by atoms with Gasteiger partial charge in [-0.3, -0.25) is 0 Å². The van der Waals surface area contributed by atoms with E-state index in [1.807, 2.05) is 18.0 Å². The summed E-state index contributed by atoms with van der Waals surface area (Å²) < 4.78 is 26.3. The van der Waals surface area contributed by atoms with Gasteiger partial charge in [0.25, 0.3) is 0 Å². The Hall–Kier alpha value is -2.10. The van der Waals surface area contributed by atoms with Crippen molar-refractivity contribution in [3.8, 4) is 0 Å². The van der Waals surface area contributed by atoms with Gasteiger partial charge in [0.15, 0.2) is 0 Å². The van der Waals surface area contributed by atoms with Crippen molar-refractivity contribution < 1.29 is 8.78 Å². The molecule has 0 aliphatic carbocycles. The number of halogens is 2. The second kappa shape index (κ2) is 6.18. The first-order valence-corrected chi connectivity index (χ1v) is 6.12. The summed E-state index contributed by atoms with van der Waals surface area (Å²) in [4.78, 5) is 1.84. The maximum absolute atomic E-state index is 13.5. The van der Waals surface area contributed by atoms with E-state index in [9.17, 15) is 8.78 Å². The zero-order valence-corrected chi connectivity index (χ0v) is 10.7. The number of hydrogen-bond acceptors (Lipinski definition) is 2. The molecule has 0 atom stereocenters. The van der Waals surface area contributed by atoms with Crippen molar-refractivity contribution in [3.63, 3.8) is 0 Å². The van der Waals surface area contributed by atoms with Crippen LogP contribution in [0.4, 0.5) is 20.2 Å². The Morgan fingerprint density at radius 2 is 1.68 bits per heavy atom. The Bertz CT molecular complexity index is 526. The van der Waals surface area contributed by atoms with Gasteiger partial charge in [0.1, 0.15) is 11.6 Å². The van der Waals surface area contributed by atoms with Crippen LogP contribution < -0.4 is 10.2 Å². The first kappa shape index (κ1) is 13.3. The molecule has 0 spiro atoms. The molecule has 0 aromatic heterocycles. The summed E-state index contributed by atoms with van der Waals surface area (Å²) in [6.45, 7) is 1.30. The van der Waals surface area contributed by atoms with Crippen LogP contribution in [-0.2, 0) is 0 Å². The van der Waals surface area contributed by atoms with Crippen molar-refractivity contribution in [2.75, 3.05) is 30.4 Å². The molecule has 2 aromatic carbocycles. The Balaban J connectivity index is 1.86. The highest BCUT2D eigenvalue weighted by atomic mass is 19.1. The van der Waals surface area contributed by atoms with E-state index in [-0.39, 0.29) is 11.6 Å². The molecule has 2 aromatic rings. The first-order chi connectivity index (χ1) is 9.16. The molecular formula is C15H16F2N2. The van der Waals surface area contributed by atoms with Crippen LogP contribution in [0.25, 0.3) is 0 Å². The number of nitrogens with one attached hydrogen (secondary N) is 1. The van der Waals surface area contributed by atoms with Crippen LogP contribution in [0.2, 0.25) is 0 Å². The first-order valence-electron chi connectivity index (χ1n) is 6.12. The minimum atomic E-state index is -0.256. The average molecular weight is 262 g/mol. The van der Waals surface area contributed by atoms with Gasteiger partial charge >= 0.3 is 0 Å². The molecule has 0 unspecified atom stereocenters. The Morgan fingerprint density at radius 1 is 1.00 bits per heavy atom. The van der Waals surface area contributed by atoms with Crippen LogP contribution in [0.1, 0.15) is 0 Å². The number of likely N-dealkylation sites (N-methyl/N-ethyl adjacent to an activating group) is 1. The molecule has 0 fully saturated rings. The molecule has 0 aliphatic rings. The third kappa shape index (κ3) is 3.68. The standard InChI is InChI=1S/C15H16F2N2/c1-19(15-5-3-2-4-14(15)17)11-10-18-13-8-6-12(16)7-9-13/h2-9,18H,10-11H2,1H3. The molecule has 19 heavy (non-hydrogen) atoms. The predicted octanol–water partition coefficient (Wildman–Crippen LogP) is 3.51. The third-order valence-corrected chi connectivity index (χ3v) is 2.88. The predicted molar refractivity (Wildman–Crippen MR) is 74.6 cm³/mol. The largest absolute Gasteiger partial charge is 0.383 e. The number of rotatable bonds is 5. The molecule has 0 bridgehead atoms. The second-order valence-corrected chi connectivity index (χ2v) is 4.31. The van der Waals surface area contributed by atoms with Crippen LogP contribution >= 0.6 is 0 Å². The van der Waals surface area contributed by atoms with Crippen molar-refractivity contribution in [2.24, 2.45) is 0 Å². The molecule has 0 heterocycles. The minimum absolute atomic E-state index is 0.230. The van der Waals surface area contributed by atoms with Gasteiger partial charge in [0.05, 0.1) is 5.69 Å². The fourth-order valence-corrected chi connectivity index (χ4v) is 1.82. The van der Waals surface area contributed by atoms with Gasteiger partial charge in [0.2, 0.25) is 0 Å². The number of nitrogens with zero attached hydrogens (tertiary/aromatic N) is 1. The van der Waals surface area contributed by atoms with Gasteiger partial charge in [-0.1, -0.05) is 12.1 Å². The molecule has 0 aliphatic heterocycles. The Kier molecular flexibility index (Phi) is 4.34. The molecule has 2 rings (SSSR count). The topological polar surface area (TPSA) is 15.3 Å². The molecule has 0 saturated heterocycles. The lowest BCUT2D eigenvalue weighted by Crippen LogP contribution is -2.25. The Labute approximate surface area is 111 Å². The van der Waals surface area contributed by atoms with E-state index in [1.54, 1.807) is 24.3 Å². The maximum Gasteiger partial charge on any atom is 0.146 e. The lowest BCUT2D eigenvalue weighted by Gasteiger charge is -2.20. The number of anilines is 2. The highest BCUT2D eigenvalue weighted by Crippen LogP contribution is 2.16. The van der Waals surface area contributed by atoms with Gasteiger partial charge in [-0.15, -0.1) is 0 Å². The van der Waals surface area contributed by atoms with Crippen molar-refractivity contribution in [1.82, 2.24) is 0 Å². The van der Waals surface area contributed by atoms with Crippen LogP contribution in [0.5, 0.6) is 0 Å². The summed E-state index contributed by atoms with van der Waals surface area (Å²) in [5, 5.41) is 3.16. The average Bonchev–Trinajstić information content (AvgIpc) is 2.41. The Morgan fingerprint density at radius 3 is 2.37 bits per heavy atom. The zero-order valence-electron chi connectivity index (χ0n) is 10.7. The summed E-state index contributed by atoms with van der Waals surface area (Å²) in [5.41, 5.74) is 1.42. The molecule has 2 nitrogen and oxygen atoms in total. The summed E-state index contributed by atoms with van der Waals surface area (Å²) >= 11 is 0. The summed E-state index contributed by atoms with van der Waals surface area (Å²) in [6.07, 6.45) is 0. The highest BCUT2D eigenvalue weighted by molar-refractivity contribution is 5.47. The van der Waals surface area contributed by atoms with Crippen LogP contribution in [0.3, 0.4) is 0 Å². The third-order valence-electron chi connectivity index (χ3n) is 2.88. The fraction of sp³-hybridized carbons (Fsp3) is 0.200. The molecule has 4 heteroatoms. The summed E-state index contributed by atoms with van der Waals surface area (Å²) in [7, 11) is 1.84. The van der Waals surface area contributed by atoms with Crippen molar-refractivity contribution in [2.45, 2.75) is 0 Å². The fourth-order valence-electron chi connectivity index (χ4n) is 1.82. The lowest BCUT2D eigenvalue weighted by atomic mass is 10.3. The van der Waals surface area contributed by atoms with Crippen LogP contribution in [0.15, 0.2) is 48.5 Å². The van der Waals surface area contributed by atoms with Gasteiger partial charge in [-0.05, 0) is 36.4 Å².